The molecule has 1 rings (SSSR count). The molecule has 0 fully saturated rings. The second-order valence-electron chi connectivity index (χ2n) is 4.91. The monoisotopic (exact) mass is 305 g/mol. The number of thiol groups is 1. The quantitative estimate of drug-likeness (QED) is 0.449. The van der Waals surface area contributed by atoms with Gasteiger partial charge in [0.15, 0.2) is 5.02 Å². The van der Waals surface area contributed by atoms with Crippen molar-refractivity contribution in [1.82, 2.24) is 9.78 Å². The summed E-state index contributed by atoms with van der Waals surface area (Å²) in [7, 11) is 0. The molecule has 0 atom stereocenters. The first-order valence-electron chi connectivity index (χ1n) is 6.46. The lowest BCUT2D eigenvalue weighted by Gasteiger charge is -2.30. The summed E-state index contributed by atoms with van der Waals surface area (Å²) in [5, 5.41) is 14.8. The van der Waals surface area contributed by atoms with Gasteiger partial charge in [-0.25, -0.2) is 0 Å². The summed E-state index contributed by atoms with van der Waals surface area (Å²) in [6.45, 7) is 4.88. The van der Waals surface area contributed by atoms with Gasteiger partial charge in [-0.1, -0.05) is 38.3 Å². The summed E-state index contributed by atoms with van der Waals surface area (Å²) in [6.07, 6.45) is 5.68. The first kappa shape index (κ1) is 16.3. The van der Waals surface area contributed by atoms with Gasteiger partial charge in [0.1, 0.15) is 0 Å². The first-order valence-corrected chi connectivity index (χ1v) is 7.47. The Morgan fingerprint density at radius 3 is 2.42 bits per heavy atom. The normalized spacial score (nSPS) is 11.8. The fourth-order valence-corrected chi connectivity index (χ4v) is 3.12. The number of halogens is 1. The molecule has 0 aliphatic heterocycles. The number of rotatable bonds is 8. The maximum absolute atomic E-state index is 10.8. The Bertz CT molecular complexity index is 431. The topological polar surface area (TPSA) is 61.0 Å². The van der Waals surface area contributed by atoms with Crippen molar-refractivity contribution in [2.45, 2.75) is 46.1 Å². The third-order valence-electron chi connectivity index (χ3n) is 3.27. The number of hydrogen-bond donors (Lipinski definition) is 1. The van der Waals surface area contributed by atoms with Crippen LogP contribution in [-0.4, -0.2) is 20.5 Å². The zero-order chi connectivity index (χ0) is 14.5. The molecular formula is C12H20ClN3O2S. The molecule has 1 heterocycles. The SMILES string of the molecule is CCCC(CS)(CCC)Cn1cc(Cl)c([N+](=O)[O-])n1. The fraction of sp³-hybridized carbons (Fsp3) is 0.750. The van der Waals surface area contributed by atoms with Crippen molar-refractivity contribution in [2.24, 2.45) is 5.41 Å². The minimum atomic E-state index is -0.555. The van der Waals surface area contributed by atoms with E-state index in [4.69, 9.17) is 11.6 Å². The van der Waals surface area contributed by atoms with Crippen LogP contribution in [0, 0.1) is 15.5 Å². The van der Waals surface area contributed by atoms with Gasteiger partial charge >= 0.3 is 5.82 Å². The molecule has 0 aliphatic carbocycles. The van der Waals surface area contributed by atoms with Crippen LogP contribution < -0.4 is 0 Å². The van der Waals surface area contributed by atoms with Crippen LogP contribution in [0.1, 0.15) is 39.5 Å². The van der Waals surface area contributed by atoms with E-state index in [2.05, 4.69) is 31.6 Å². The molecule has 5 nitrogen and oxygen atoms in total. The molecule has 0 radical (unpaired) electrons. The molecule has 0 saturated carbocycles. The average molecular weight is 306 g/mol. The molecule has 1 aromatic heterocycles. The first-order chi connectivity index (χ1) is 8.98. The molecule has 0 spiro atoms. The summed E-state index contributed by atoms with van der Waals surface area (Å²) in [5.74, 6) is 0.461. The Labute approximate surface area is 123 Å². The van der Waals surface area contributed by atoms with Crippen molar-refractivity contribution in [2.75, 3.05) is 5.75 Å². The van der Waals surface area contributed by atoms with E-state index in [1.54, 1.807) is 4.68 Å². The van der Waals surface area contributed by atoms with Crippen molar-refractivity contribution in [1.29, 1.82) is 0 Å². The molecule has 0 aliphatic rings. The van der Waals surface area contributed by atoms with E-state index in [-0.39, 0.29) is 16.3 Å². The maximum atomic E-state index is 10.8. The van der Waals surface area contributed by atoms with Crippen LogP contribution in [-0.2, 0) is 6.54 Å². The van der Waals surface area contributed by atoms with E-state index in [9.17, 15) is 10.1 Å². The van der Waals surface area contributed by atoms with Crippen LogP contribution in [0.3, 0.4) is 0 Å². The number of nitro groups is 1. The van der Waals surface area contributed by atoms with Gasteiger partial charge in [0.05, 0.1) is 17.8 Å². The van der Waals surface area contributed by atoms with Crippen LogP contribution in [0.2, 0.25) is 5.02 Å². The zero-order valence-electron chi connectivity index (χ0n) is 11.3. The van der Waals surface area contributed by atoms with Gasteiger partial charge in [-0.3, -0.25) is 0 Å². The number of aromatic nitrogens is 2. The Hall–Kier alpha value is -0.750. The third-order valence-corrected chi connectivity index (χ3v) is 4.20. The molecule has 0 saturated heterocycles. The van der Waals surface area contributed by atoms with Gasteiger partial charge in [-0.15, -0.1) is 0 Å². The van der Waals surface area contributed by atoms with Gasteiger partial charge < -0.3 is 10.1 Å². The predicted octanol–water partition coefficient (Wildman–Crippen LogP) is 3.96. The predicted molar refractivity (Wildman–Crippen MR) is 80.0 cm³/mol. The molecular weight excluding hydrogens is 286 g/mol. The van der Waals surface area contributed by atoms with Crippen LogP contribution in [0.15, 0.2) is 6.20 Å². The standard InChI is InChI=1S/C12H20ClN3O2S/c1-3-5-12(9-19,6-4-2)8-15-7-10(13)11(14-15)16(17)18/h7,19H,3-6,8-9H2,1-2H3. The lowest BCUT2D eigenvalue weighted by molar-refractivity contribution is -0.389. The van der Waals surface area contributed by atoms with Gasteiger partial charge in [-0.05, 0) is 23.5 Å². The van der Waals surface area contributed by atoms with Crippen LogP contribution in [0.25, 0.3) is 0 Å². The Morgan fingerprint density at radius 1 is 1.47 bits per heavy atom. The van der Waals surface area contributed by atoms with Crippen LogP contribution in [0.4, 0.5) is 5.82 Å². The summed E-state index contributed by atoms with van der Waals surface area (Å²) in [6, 6.07) is 0. The highest BCUT2D eigenvalue weighted by molar-refractivity contribution is 7.80. The van der Waals surface area contributed by atoms with Crippen LogP contribution in [0.5, 0.6) is 0 Å². The van der Waals surface area contributed by atoms with E-state index in [1.165, 1.54) is 6.20 Å². The van der Waals surface area contributed by atoms with Gasteiger partial charge in [0.25, 0.3) is 0 Å². The number of nitrogens with zero attached hydrogens (tertiary/aromatic N) is 3. The van der Waals surface area contributed by atoms with Crippen molar-refractivity contribution in [3.05, 3.63) is 21.3 Å². The summed E-state index contributed by atoms with van der Waals surface area (Å²) < 4.78 is 1.59. The van der Waals surface area contributed by atoms with Crippen molar-refractivity contribution >= 4 is 30.0 Å². The van der Waals surface area contributed by atoms with E-state index in [1.807, 2.05) is 0 Å². The van der Waals surface area contributed by atoms with Crippen molar-refractivity contribution < 1.29 is 4.92 Å². The molecule has 7 heteroatoms. The molecule has 19 heavy (non-hydrogen) atoms. The average Bonchev–Trinajstić information content (AvgIpc) is 2.70. The molecule has 0 amide bonds. The van der Waals surface area contributed by atoms with E-state index in [0.717, 1.165) is 31.4 Å². The largest absolute Gasteiger partial charge is 0.408 e. The summed E-state index contributed by atoms with van der Waals surface area (Å²) >= 11 is 10.3. The smallest absolute Gasteiger partial charge is 0.358 e. The highest BCUT2D eigenvalue weighted by Gasteiger charge is 2.30. The van der Waals surface area contributed by atoms with Crippen molar-refractivity contribution in [3.63, 3.8) is 0 Å². The van der Waals surface area contributed by atoms with Crippen LogP contribution >= 0.6 is 24.2 Å². The second-order valence-corrected chi connectivity index (χ2v) is 5.64. The highest BCUT2D eigenvalue weighted by atomic mass is 35.5. The van der Waals surface area contributed by atoms with Crippen molar-refractivity contribution in [3.8, 4) is 0 Å². The molecule has 0 aromatic carbocycles. The molecule has 0 unspecified atom stereocenters. The maximum Gasteiger partial charge on any atom is 0.408 e. The second kappa shape index (κ2) is 7.14. The van der Waals surface area contributed by atoms with Gasteiger partial charge in [-0.2, -0.15) is 17.3 Å². The third kappa shape index (κ3) is 4.11. The lowest BCUT2D eigenvalue weighted by Crippen LogP contribution is -2.29. The molecule has 0 N–H and O–H groups in total. The highest BCUT2D eigenvalue weighted by Crippen LogP contribution is 2.34. The van der Waals surface area contributed by atoms with E-state index < -0.39 is 4.92 Å². The minimum absolute atomic E-state index is 0.0236. The molecule has 0 bridgehead atoms. The van der Waals surface area contributed by atoms with E-state index in [0.29, 0.717) is 6.54 Å². The Morgan fingerprint density at radius 2 is 2.05 bits per heavy atom. The van der Waals surface area contributed by atoms with E-state index >= 15 is 0 Å². The molecule has 1 aromatic rings. The molecule has 108 valence electrons. The Kier molecular flexibility index (Phi) is 6.13. The van der Waals surface area contributed by atoms with Gasteiger partial charge in [0.2, 0.25) is 0 Å². The fourth-order valence-electron chi connectivity index (χ4n) is 2.49. The summed E-state index contributed by atoms with van der Waals surface area (Å²) in [4.78, 5) is 10.2. The summed E-state index contributed by atoms with van der Waals surface area (Å²) in [5.41, 5.74) is 0.0236. The van der Waals surface area contributed by atoms with Gasteiger partial charge in [0, 0.05) is 5.41 Å². The minimum Gasteiger partial charge on any atom is -0.358 e. The number of hydrogen-bond acceptors (Lipinski definition) is 4. The Balaban J connectivity index is 2.95. The zero-order valence-corrected chi connectivity index (χ0v) is 13.0. The lowest BCUT2D eigenvalue weighted by atomic mass is 9.81.